The molecule has 0 saturated heterocycles. The van der Waals surface area contributed by atoms with Crippen molar-refractivity contribution in [1.29, 1.82) is 0 Å². The number of fused-ring (bicyclic) bond motifs is 1. The van der Waals surface area contributed by atoms with E-state index in [1.807, 2.05) is 24.3 Å². The number of cyclic esters (lactones) is 1. The number of hydrogen-bond acceptors (Lipinski definition) is 6. The average molecular weight is 366 g/mol. The Morgan fingerprint density at radius 3 is 2.56 bits per heavy atom. The predicted octanol–water partition coefficient (Wildman–Crippen LogP) is 3.46. The van der Waals surface area contributed by atoms with Crippen molar-refractivity contribution in [1.82, 2.24) is 0 Å². The fraction of sp³-hybridized carbons (Fsp3) is 0.190. The van der Waals surface area contributed by atoms with Crippen molar-refractivity contribution < 1.29 is 28.5 Å². The van der Waals surface area contributed by atoms with Gasteiger partial charge in [-0.2, -0.15) is 0 Å². The van der Waals surface area contributed by atoms with Gasteiger partial charge in [0, 0.05) is 17.2 Å². The van der Waals surface area contributed by atoms with Gasteiger partial charge in [0.05, 0.1) is 19.8 Å². The molecule has 0 fully saturated rings. The lowest BCUT2D eigenvalue weighted by Crippen LogP contribution is -2.15. The number of methoxy groups -OCH3 is 2. The SMILES string of the molecule is COc1ccc(/C=C2\C=C(c3ccc4c(c3)OCCO4)OC2=O)c(OC)c1. The second-order valence-electron chi connectivity index (χ2n) is 5.96. The summed E-state index contributed by atoms with van der Waals surface area (Å²) in [4.78, 5) is 12.3. The third-order valence-corrected chi connectivity index (χ3v) is 4.30. The van der Waals surface area contributed by atoms with E-state index >= 15 is 0 Å². The van der Waals surface area contributed by atoms with Crippen LogP contribution in [0.3, 0.4) is 0 Å². The van der Waals surface area contributed by atoms with E-state index in [9.17, 15) is 4.79 Å². The molecule has 2 aliphatic rings. The quantitative estimate of drug-likeness (QED) is 0.610. The zero-order valence-electron chi connectivity index (χ0n) is 15.0. The highest BCUT2D eigenvalue weighted by Crippen LogP contribution is 2.36. The smallest absolute Gasteiger partial charge is 0.343 e. The van der Waals surface area contributed by atoms with Gasteiger partial charge in [-0.1, -0.05) is 0 Å². The van der Waals surface area contributed by atoms with E-state index < -0.39 is 5.97 Å². The molecule has 27 heavy (non-hydrogen) atoms. The van der Waals surface area contributed by atoms with Crippen molar-refractivity contribution in [2.24, 2.45) is 0 Å². The third-order valence-electron chi connectivity index (χ3n) is 4.30. The highest BCUT2D eigenvalue weighted by Gasteiger charge is 2.24. The maximum Gasteiger partial charge on any atom is 0.343 e. The molecule has 0 atom stereocenters. The Hall–Kier alpha value is -3.41. The van der Waals surface area contributed by atoms with Crippen LogP contribution in [0.25, 0.3) is 11.8 Å². The molecule has 2 aromatic rings. The minimum absolute atomic E-state index is 0.419. The summed E-state index contributed by atoms with van der Waals surface area (Å²) in [7, 11) is 3.16. The van der Waals surface area contributed by atoms with Crippen molar-refractivity contribution in [3.63, 3.8) is 0 Å². The Balaban J connectivity index is 1.66. The molecule has 0 unspecified atom stereocenters. The van der Waals surface area contributed by atoms with Crippen molar-refractivity contribution in [3.05, 3.63) is 59.2 Å². The normalized spacial score (nSPS) is 16.7. The van der Waals surface area contributed by atoms with Crippen LogP contribution in [-0.2, 0) is 9.53 Å². The number of carbonyl (C=O) groups is 1. The van der Waals surface area contributed by atoms with Gasteiger partial charge in [-0.3, -0.25) is 0 Å². The first-order valence-electron chi connectivity index (χ1n) is 8.45. The van der Waals surface area contributed by atoms with Gasteiger partial charge in [-0.25, -0.2) is 4.79 Å². The molecule has 0 aliphatic carbocycles. The fourth-order valence-corrected chi connectivity index (χ4v) is 2.93. The Kier molecular flexibility index (Phi) is 4.46. The van der Waals surface area contributed by atoms with Crippen LogP contribution < -0.4 is 18.9 Å². The molecule has 6 heteroatoms. The number of hydrogen-bond donors (Lipinski definition) is 0. The van der Waals surface area contributed by atoms with Crippen LogP contribution in [0.2, 0.25) is 0 Å². The Morgan fingerprint density at radius 2 is 1.78 bits per heavy atom. The lowest BCUT2D eigenvalue weighted by Gasteiger charge is -2.18. The minimum Gasteiger partial charge on any atom is -0.497 e. The second kappa shape index (κ2) is 7.07. The largest absolute Gasteiger partial charge is 0.497 e. The van der Waals surface area contributed by atoms with Crippen LogP contribution >= 0.6 is 0 Å². The molecule has 0 radical (unpaired) electrons. The van der Waals surface area contributed by atoms with Crippen molar-refractivity contribution in [2.45, 2.75) is 0 Å². The molecule has 0 spiro atoms. The van der Waals surface area contributed by atoms with Crippen LogP contribution in [0.1, 0.15) is 11.1 Å². The summed E-state index contributed by atoms with van der Waals surface area (Å²) in [6, 6.07) is 10.9. The highest BCUT2D eigenvalue weighted by atomic mass is 16.6. The van der Waals surface area contributed by atoms with Gasteiger partial charge in [0.1, 0.15) is 30.5 Å². The monoisotopic (exact) mass is 366 g/mol. The molecule has 0 N–H and O–H groups in total. The van der Waals surface area contributed by atoms with Crippen LogP contribution in [0, 0.1) is 0 Å². The van der Waals surface area contributed by atoms with Crippen LogP contribution in [-0.4, -0.2) is 33.4 Å². The number of benzene rings is 2. The molecule has 0 saturated carbocycles. The first kappa shape index (κ1) is 17.0. The standard InChI is InChI=1S/C21H18O6/c1-23-16-5-3-13(18(12-16)24-2)9-15-11-19(27-21(15)22)14-4-6-17-20(10-14)26-8-7-25-17/h3-6,9-12H,7-8H2,1-2H3/b15-9+. The van der Waals surface area contributed by atoms with Gasteiger partial charge in [0.25, 0.3) is 0 Å². The lowest BCUT2D eigenvalue weighted by atomic mass is 10.1. The number of esters is 1. The van der Waals surface area contributed by atoms with Gasteiger partial charge in [-0.15, -0.1) is 0 Å². The predicted molar refractivity (Wildman–Crippen MR) is 99.0 cm³/mol. The summed E-state index contributed by atoms with van der Waals surface area (Å²) in [6.45, 7) is 1.03. The molecule has 6 nitrogen and oxygen atoms in total. The third kappa shape index (κ3) is 3.33. The topological polar surface area (TPSA) is 63.2 Å². The van der Waals surface area contributed by atoms with Gasteiger partial charge < -0.3 is 23.7 Å². The first-order valence-corrected chi connectivity index (χ1v) is 8.45. The molecular formula is C21H18O6. The summed E-state index contributed by atoms with van der Waals surface area (Å²) >= 11 is 0. The van der Waals surface area contributed by atoms with Gasteiger partial charge in [0.2, 0.25) is 0 Å². The van der Waals surface area contributed by atoms with E-state index in [1.54, 1.807) is 38.5 Å². The van der Waals surface area contributed by atoms with E-state index in [0.29, 0.717) is 47.5 Å². The molecule has 138 valence electrons. The molecule has 2 aliphatic heterocycles. The molecule has 2 heterocycles. The van der Waals surface area contributed by atoms with Gasteiger partial charge in [-0.05, 0) is 42.5 Å². The summed E-state index contributed by atoms with van der Waals surface area (Å²) in [5.41, 5.74) is 1.94. The van der Waals surface area contributed by atoms with E-state index in [4.69, 9.17) is 23.7 Å². The fourth-order valence-electron chi connectivity index (χ4n) is 2.93. The molecule has 0 aromatic heterocycles. The molecule has 4 rings (SSSR count). The second-order valence-corrected chi connectivity index (χ2v) is 5.96. The van der Waals surface area contributed by atoms with Crippen molar-refractivity contribution in [3.8, 4) is 23.0 Å². The zero-order valence-corrected chi connectivity index (χ0v) is 15.0. The average Bonchev–Trinajstić information content (AvgIpc) is 3.08. The van der Waals surface area contributed by atoms with E-state index in [2.05, 4.69) is 0 Å². The molecular weight excluding hydrogens is 348 g/mol. The summed E-state index contributed by atoms with van der Waals surface area (Å²) in [6.07, 6.45) is 3.43. The Morgan fingerprint density at radius 1 is 0.963 bits per heavy atom. The van der Waals surface area contributed by atoms with Gasteiger partial charge >= 0.3 is 5.97 Å². The number of rotatable bonds is 4. The van der Waals surface area contributed by atoms with Gasteiger partial charge in [0.15, 0.2) is 11.5 Å². The number of carbonyl (C=O) groups excluding carboxylic acids is 1. The summed E-state index contributed by atoms with van der Waals surface area (Å²) < 4.78 is 27.1. The zero-order chi connectivity index (χ0) is 18.8. The maximum absolute atomic E-state index is 12.3. The van der Waals surface area contributed by atoms with Crippen LogP contribution in [0.4, 0.5) is 0 Å². The highest BCUT2D eigenvalue weighted by molar-refractivity contribution is 6.05. The minimum atomic E-state index is -0.419. The molecule has 2 aromatic carbocycles. The summed E-state index contributed by atoms with van der Waals surface area (Å²) in [5.74, 6) is 2.67. The van der Waals surface area contributed by atoms with Crippen molar-refractivity contribution >= 4 is 17.8 Å². The van der Waals surface area contributed by atoms with Crippen LogP contribution in [0.5, 0.6) is 23.0 Å². The van der Waals surface area contributed by atoms with E-state index in [-0.39, 0.29) is 0 Å². The van der Waals surface area contributed by atoms with Crippen LogP contribution in [0.15, 0.2) is 48.0 Å². The van der Waals surface area contributed by atoms with E-state index in [1.165, 1.54) is 0 Å². The Labute approximate surface area is 156 Å². The maximum atomic E-state index is 12.3. The summed E-state index contributed by atoms with van der Waals surface area (Å²) in [5, 5.41) is 0. The first-order chi connectivity index (χ1) is 13.2. The lowest BCUT2D eigenvalue weighted by molar-refractivity contribution is -0.130. The Bertz CT molecular complexity index is 957. The molecule has 0 amide bonds. The van der Waals surface area contributed by atoms with Crippen molar-refractivity contribution in [2.75, 3.05) is 27.4 Å². The number of ether oxygens (including phenoxy) is 5. The molecule has 0 bridgehead atoms. The van der Waals surface area contributed by atoms with E-state index in [0.717, 1.165) is 11.1 Å².